The van der Waals surface area contributed by atoms with E-state index in [4.69, 9.17) is 15.2 Å². The number of fused-ring (bicyclic) bond motifs is 1. The summed E-state index contributed by atoms with van der Waals surface area (Å²) in [4.78, 5) is 14.2. The highest BCUT2D eigenvalue weighted by atomic mass is 32.2. The van der Waals surface area contributed by atoms with Crippen molar-refractivity contribution in [1.82, 2.24) is 13.9 Å². The second-order valence-corrected chi connectivity index (χ2v) is 17.0. The van der Waals surface area contributed by atoms with Crippen molar-refractivity contribution in [2.24, 2.45) is 11.3 Å². The van der Waals surface area contributed by atoms with E-state index in [0.29, 0.717) is 38.0 Å². The minimum absolute atomic E-state index is 0.00288. The number of nitrogens with zero attached hydrogens (tertiary/aromatic N) is 2. The van der Waals surface area contributed by atoms with E-state index in [2.05, 4.69) is 4.72 Å². The summed E-state index contributed by atoms with van der Waals surface area (Å²) in [5.41, 5.74) is 6.44. The van der Waals surface area contributed by atoms with Crippen LogP contribution in [0.2, 0.25) is 0 Å². The van der Waals surface area contributed by atoms with Crippen molar-refractivity contribution in [3.8, 4) is 0 Å². The van der Waals surface area contributed by atoms with Crippen LogP contribution in [0.1, 0.15) is 45.1 Å². The molecule has 2 aromatic rings. The molecule has 2 heterocycles. The lowest BCUT2D eigenvalue weighted by Crippen LogP contribution is -2.58. The maximum atomic E-state index is 14.2. The Hall–Kier alpha value is -2.79. The molecule has 0 saturated carbocycles. The molecular formula is C32H48N4O9S2. The van der Waals surface area contributed by atoms with Gasteiger partial charge >= 0.3 is 6.09 Å². The van der Waals surface area contributed by atoms with E-state index in [9.17, 15) is 31.8 Å². The first kappa shape index (κ1) is 37.0. The summed E-state index contributed by atoms with van der Waals surface area (Å²) in [6.45, 7) is 4.29. The summed E-state index contributed by atoms with van der Waals surface area (Å²) in [5.74, 6) is -0.206. The number of ether oxygens (including phenoxy) is 2. The molecule has 0 unspecified atom stereocenters. The highest BCUT2D eigenvalue weighted by Gasteiger charge is 2.49. The number of aliphatic hydroxyl groups is 1. The second-order valence-electron chi connectivity index (χ2n) is 13.3. The Balaban J connectivity index is 1.63. The molecule has 5 N–H and O–H groups in total. The molecule has 262 valence electrons. The van der Waals surface area contributed by atoms with Gasteiger partial charge in [-0.15, -0.1) is 0 Å². The van der Waals surface area contributed by atoms with Gasteiger partial charge < -0.3 is 25.4 Å². The zero-order valence-electron chi connectivity index (χ0n) is 27.2. The average Bonchev–Trinajstić information content (AvgIpc) is 3.61. The Morgan fingerprint density at radius 2 is 1.74 bits per heavy atom. The number of amides is 1. The van der Waals surface area contributed by atoms with Crippen molar-refractivity contribution in [3.63, 3.8) is 0 Å². The van der Waals surface area contributed by atoms with Crippen LogP contribution in [0.25, 0.3) is 0 Å². The normalized spacial score (nSPS) is 21.4. The van der Waals surface area contributed by atoms with Crippen molar-refractivity contribution in [2.75, 3.05) is 44.8 Å². The molecule has 4 rings (SSSR count). The summed E-state index contributed by atoms with van der Waals surface area (Å²) in [6, 6.07) is 13.4. The predicted molar refractivity (Wildman–Crippen MR) is 177 cm³/mol. The summed E-state index contributed by atoms with van der Waals surface area (Å²) in [5, 5.41) is 22.5. The Kier molecular flexibility index (Phi) is 12.3. The second kappa shape index (κ2) is 15.6. The predicted octanol–water partition coefficient (Wildman–Crippen LogP) is 2.72. The topological polar surface area (TPSA) is 189 Å². The number of nitrogens with two attached hydrogens (primary N) is 1. The first-order valence-electron chi connectivity index (χ1n) is 15.8. The molecule has 0 radical (unpaired) electrons. The zero-order chi connectivity index (χ0) is 34.4. The first-order valence-corrected chi connectivity index (χ1v) is 19.2. The Morgan fingerprint density at radius 3 is 2.38 bits per heavy atom. The fourth-order valence-corrected chi connectivity index (χ4v) is 8.61. The lowest BCUT2D eigenvalue weighted by atomic mass is 9.87. The van der Waals surface area contributed by atoms with Crippen LogP contribution < -0.4 is 10.5 Å². The fraction of sp³-hybridized carbons (Fsp3) is 0.594. The number of hydrogen-bond acceptors (Lipinski definition) is 9. The lowest BCUT2D eigenvalue weighted by Gasteiger charge is -2.40. The van der Waals surface area contributed by atoms with Gasteiger partial charge in [0.25, 0.3) is 0 Å². The zero-order valence-corrected chi connectivity index (χ0v) is 28.8. The molecule has 15 heteroatoms. The van der Waals surface area contributed by atoms with E-state index in [1.54, 1.807) is 0 Å². The van der Waals surface area contributed by atoms with Gasteiger partial charge in [0.1, 0.15) is 0 Å². The van der Waals surface area contributed by atoms with Gasteiger partial charge in [-0.1, -0.05) is 50.6 Å². The van der Waals surface area contributed by atoms with E-state index in [-0.39, 0.29) is 43.5 Å². The van der Waals surface area contributed by atoms with Gasteiger partial charge in [-0.3, -0.25) is 4.90 Å². The third kappa shape index (κ3) is 10.1. The van der Waals surface area contributed by atoms with Crippen LogP contribution >= 0.6 is 0 Å². The van der Waals surface area contributed by atoms with Crippen LogP contribution in [-0.4, -0.2) is 106 Å². The number of benzene rings is 2. The Bertz CT molecular complexity index is 1540. The van der Waals surface area contributed by atoms with Gasteiger partial charge in [-0.2, -0.15) is 4.31 Å². The lowest BCUT2D eigenvalue weighted by molar-refractivity contribution is -0.0906. The first-order chi connectivity index (χ1) is 22.1. The quantitative estimate of drug-likeness (QED) is 0.141. The van der Waals surface area contributed by atoms with Crippen molar-refractivity contribution in [3.05, 3.63) is 60.2 Å². The number of rotatable bonds is 17. The Labute approximate surface area is 278 Å². The van der Waals surface area contributed by atoms with Crippen molar-refractivity contribution in [1.29, 1.82) is 0 Å². The van der Waals surface area contributed by atoms with Crippen LogP contribution in [0.5, 0.6) is 0 Å². The molecule has 13 nitrogen and oxygen atoms in total. The van der Waals surface area contributed by atoms with Crippen molar-refractivity contribution < 1.29 is 41.3 Å². The highest BCUT2D eigenvalue weighted by molar-refractivity contribution is 7.89. The van der Waals surface area contributed by atoms with Crippen LogP contribution in [0, 0.1) is 11.3 Å². The molecule has 2 fully saturated rings. The third-order valence-electron chi connectivity index (χ3n) is 8.83. The van der Waals surface area contributed by atoms with Crippen LogP contribution in [0.3, 0.4) is 0 Å². The number of carboxylic acid groups (broad SMARTS) is 1. The third-order valence-corrected chi connectivity index (χ3v) is 11.4. The van der Waals surface area contributed by atoms with Crippen molar-refractivity contribution >= 4 is 31.8 Å². The largest absolute Gasteiger partial charge is 0.465 e. The average molecular weight is 697 g/mol. The summed E-state index contributed by atoms with van der Waals surface area (Å²) < 4.78 is 66.3. The minimum Gasteiger partial charge on any atom is -0.465 e. The standard InChI is InChI=1S/C32H48N4O9S2/c1-32(2,16-7-8-17-34-46(3,40)41)22-35(47(42,43)25-13-11-24(33)12-14-25)20-29(37)27(19-23-9-5-4-6-10-23)36(31(38)39)28-21-45-30-26(28)15-18-44-30/h4-6,9-14,26-30,34,37H,7-8,15-22,33H2,1-3H3,(H,38,39)/t26-,27-,28-,29+,30+/m0/s1. The van der Waals surface area contributed by atoms with E-state index < -0.39 is 56.0 Å². The molecule has 1 amide bonds. The Morgan fingerprint density at radius 1 is 1.06 bits per heavy atom. The molecule has 2 saturated heterocycles. The van der Waals surface area contributed by atoms with E-state index in [1.807, 2.05) is 44.2 Å². The summed E-state index contributed by atoms with van der Waals surface area (Å²) in [6.07, 6.45) is 0.446. The van der Waals surface area contributed by atoms with Gasteiger partial charge in [0.15, 0.2) is 6.29 Å². The number of anilines is 1. The number of aliphatic hydroxyl groups excluding tert-OH is 1. The van der Waals surface area contributed by atoms with Gasteiger partial charge in [-0.25, -0.2) is 26.4 Å². The van der Waals surface area contributed by atoms with E-state index >= 15 is 0 Å². The van der Waals surface area contributed by atoms with Gasteiger partial charge in [0.2, 0.25) is 20.0 Å². The molecule has 0 spiro atoms. The highest BCUT2D eigenvalue weighted by Crippen LogP contribution is 2.36. The smallest absolute Gasteiger partial charge is 0.407 e. The fourth-order valence-electron chi connectivity index (χ4n) is 6.44. The van der Waals surface area contributed by atoms with Crippen LogP contribution in [0.15, 0.2) is 59.5 Å². The van der Waals surface area contributed by atoms with Crippen molar-refractivity contribution in [2.45, 2.75) is 75.3 Å². The molecule has 0 aliphatic carbocycles. The van der Waals surface area contributed by atoms with Gasteiger partial charge in [0, 0.05) is 31.2 Å². The number of unbranched alkanes of at least 4 members (excludes halogenated alkanes) is 1. The van der Waals surface area contributed by atoms with Crippen LogP contribution in [-0.2, 0) is 35.9 Å². The summed E-state index contributed by atoms with van der Waals surface area (Å²) in [7, 11) is -7.49. The number of nitrogen functional groups attached to an aromatic ring is 1. The maximum absolute atomic E-state index is 14.2. The van der Waals surface area contributed by atoms with Crippen LogP contribution in [0.4, 0.5) is 10.5 Å². The molecule has 2 aliphatic heterocycles. The number of carbonyl (C=O) groups is 1. The number of sulfonamides is 2. The summed E-state index contributed by atoms with van der Waals surface area (Å²) >= 11 is 0. The molecule has 0 aromatic heterocycles. The molecule has 2 aromatic carbocycles. The molecule has 5 atom stereocenters. The molecule has 0 bridgehead atoms. The monoisotopic (exact) mass is 696 g/mol. The molecule has 2 aliphatic rings. The van der Waals surface area contributed by atoms with E-state index in [0.717, 1.165) is 11.8 Å². The van der Waals surface area contributed by atoms with E-state index in [1.165, 1.54) is 33.5 Å². The SMILES string of the molecule is CC(C)(CCCCNS(C)(=O)=O)CN(C[C@@H](O)[C@H](Cc1ccccc1)N(C(=O)O)[C@H]1CO[C@H]2OCC[C@H]21)S(=O)(=O)c1ccc(N)cc1. The molecule has 47 heavy (non-hydrogen) atoms. The molecular weight excluding hydrogens is 649 g/mol. The number of hydrogen-bond donors (Lipinski definition) is 4. The van der Waals surface area contributed by atoms with Gasteiger partial charge in [-0.05, 0) is 60.9 Å². The van der Waals surface area contributed by atoms with Gasteiger partial charge in [0.05, 0.1) is 42.6 Å². The minimum atomic E-state index is -4.17. The maximum Gasteiger partial charge on any atom is 0.407 e. The number of nitrogens with one attached hydrogen (secondary N) is 1.